The molecule has 0 saturated heterocycles. The molecule has 4 rings (SSSR count). The number of hydroxylamine groups is 1. The number of nitrogens with zero attached hydrogens (tertiary/aromatic N) is 4. The van der Waals surface area contributed by atoms with Gasteiger partial charge in [-0.05, 0) is 49.2 Å². The SMILES string of the molecule is Nc1ncnc2c1c(-c1ccc(Oc3ccccc3)cc1)nn2CCCCCC(=O)NO. The molecule has 32 heavy (non-hydrogen) atoms. The van der Waals surface area contributed by atoms with Crippen LogP contribution in [-0.4, -0.2) is 30.9 Å². The van der Waals surface area contributed by atoms with Gasteiger partial charge in [0.15, 0.2) is 5.65 Å². The predicted molar refractivity (Wildman–Crippen MR) is 120 cm³/mol. The van der Waals surface area contributed by atoms with Gasteiger partial charge in [-0.3, -0.25) is 10.0 Å². The first-order chi connectivity index (χ1) is 15.7. The number of carbonyl (C=O) groups excluding carboxylic acids is 1. The number of nitrogens with two attached hydrogens (primary N) is 1. The Bertz CT molecular complexity index is 1190. The largest absolute Gasteiger partial charge is 0.457 e. The molecular weight excluding hydrogens is 408 g/mol. The zero-order chi connectivity index (χ0) is 22.3. The average molecular weight is 432 g/mol. The molecule has 0 bridgehead atoms. The van der Waals surface area contributed by atoms with Crippen molar-refractivity contribution in [1.82, 2.24) is 25.2 Å². The lowest BCUT2D eigenvalue weighted by Gasteiger charge is -2.06. The molecule has 164 valence electrons. The van der Waals surface area contributed by atoms with Crippen LogP contribution < -0.4 is 16.0 Å². The van der Waals surface area contributed by atoms with Gasteiger partial charge in [-0.1, -0.05) is 24.6 Å². The summed E-state index contributed by atoms with van der Waals surface area (Å²) in [5.41, 5.74) is 10.1. The number of nitrogens with one attached hydrogen (secondary N) is 1. The molecule has 9 nitrogen and oxygen atoms in total. The number of anilines is 1. The summed E-state index contributed by atoms with van der Waals surface area (Å²) >= 11 is 0. The van der Waals surface area contributed by atoms with Crippen molar-refractivity contribution >= 4 is 22.8 Å². The van der Waals surface area contributed by atoms with Crippen LogP contribution >= 0.6 is 0 Å². The number of aromatic nitrogens is 4. The van der Waals surface area contributed by atoms with E-state index in [2.05, 4.69) is 9.97 Å². The van der Waals surface area contributed by atoms with E-state index in [1.54, 1.807) is 5.48 Å². The lowest BCUT2D eigenvalue weighted by Crippen LogP contribution is -2.17. The molecule has 0 saturated carbocycles. The fourth-order valence-corrected chi connectivity index (χ4v) is 3.47. The molecule has 0 spiro atoms. The zero-order valence-electron chi connectivity index (χ0n) is 17.4. The van der Waals surface area contributed by atoms with Crippen LogP contribution in [0, 0.1) is 0 Å². The Labute approximate surface area is 184 Å². The van der Waals surface area contributed by atoms with Crippen molar-refractivity contribution in [3.63, 3.8) is 0 Å². The van der Waals surface area contributed by atoms with Crippen LogP contribution in [0.15, 0.2) is 60.9 Å². The lowest BCUT2D eigenvalue weighted by molar-refractivity contribution is -0.129. The number of hydrogen-bond donors (Lipinski definition) is 3. The molecule has 0 aliphatic heterocycles. The molecule has 0 radical (unpaired) electrons. The van der Waals surface area contributed by atoms with Gasteiger partial charge in [0.1, 0.15) is 29.3 Å². The van der Waals surface area contributed by atoms with Gasteiger partial charge in [-0.25, -0.2) is 20.1 Å². The lowest BCUT2D eigenvalue weighted by atomic mass is 10.1. The predicted octanol–water partition coefficient (Wildman–Crippen LogP) is 3.93. The number of rotatable bonds is 9. The van der Waals surface area contributed by atoms with Gasteiger partial charge in [0, 0.05) is 18.5 Å². The van der Waals surface area contributed by atoms with E-state index >= 15 is 0 Å². The fraction of sp³-hybridized carbons (Fsp3) is 0.217. The van der Waals surface area contributed by atoms with E-state index < -0.39 is 0 Å². The maximum Gasteiger partial charge on any atom is 0.243 e. The summed E-state index contributed by atoms with van der Waals surface area (Å²) in [7, 11) is 0. The number of amides is 1. The average Bonchev–Trinajstić information content (AvgIpc) is 3.20. The quantitative estimate of drug-likeness (QED) is 0.208. The van der Waals surface area contributed by atoms with E-state index in [4.69, 9.17) is 20.8 Å². The van der Waals surface area contributed by atoms with Crippen molar-refractivity contribution in [2.24, 2.45) is 0 Å². The Morgan fingerprint density at radius 3 is 2.50 bits per heavy atom. The third-order valence-corrected chi connectivity index (χ3v) is 5.06. The van der Waals surface area contributed by atoms with E-state index in [1.165, 1.54) is 6.33 Å². The summed E-state index contributed by atoms with van der Waals surface area (Å²) in [5.74, 6) is 1.49. The summed E-state index contributed by atoms with van der Waals surface area (Å²) in [6.07, 6.45) is 4.02. The van der Waals surface area contributed by atoms with E-state index in [9.17, 15) is 4.79 Å². The van der Waals surface area contributed by atoms with Crippen LogP contribution in [0.5, 0.6) is 11.5 Å². The van der Waals surface area contributed by atoms with Gasteiger partial charge in [-0.2, -0.15) is 5.10 Å². The standard InChI is InChI=1S/C23H24N6O3/c24-22-20-21(16-10-12-18(13-11-16)32-17-7-3-1-4-8-17)27-29(23(20)26-15-25-22)14-6-2-5-9-19(30)28-31/h1,3-4,7-8,10-13,15,31H,2,5-6,9,14H2,(H,28,30)(H2,24,25,26). The zero-order valence-corrected chi connectivity index (χ0v) is 17.4. The van der Waals surface area contributed by atoms with Crippen LogP contribution in [0.25, 0.3) is 22.3 Å². The van der Waals surface area contributed by atoms with Gasteiger partial charge < -0.3 is 10.5 Å². The first kappa shape index (κ1) is 21.3. The van der Waals surface area contributed by atoms with Crippen molar-refractivity contribution in [3.05, 3.63) is 60.9 Å². The van der Waals surface area contributed by atoms with Crippen molar-refractivity contribution in [2.75, 3.05) is 5.73 Å². The molecule has 2 heterocycles. The number of para-hydroxylation sites is 1. The first-order valence-electron chi connectivity index (χ1n) is 10.4. The highest BCUT2D eigenvalue weighted by molar-refractivity contribution is 5.98. The van der Waals surface area contributed by atoms with Crippen molar-refractivity contribution < 1.29 is 14.7 Å². The second kappa shape index (κ2) is 9.88. The molecular formula is C23H24N6O3. The molecule has 2 aromatic carbocycles. The second-order valence-corrected chi connectivity index (χ2v) is 7.31. The molecule has 0 aliphatic carbocycles. The van der Waals surface area contributed by atoms with E-state index in [0.29, 0.717) is 35.5 Å². The van der Waals surface area contributed by atoms with Crippen LogP contribution in [0.3, 0.4) is 0 Å². The Balaban J connectivity index is 1.53. The maximum atomic E-state index is 11.1. The molecule has 0 fully saturated rings. The molecule has 4 aromatic rings. The number of hydrogen-bond acceptors (Lipinski definition) is 7. The van der Waals surface area contributed by atoms with Crippen LogP contribution in [0.2, 0.25) is 0 Å². The highest BCUT2D eigenvalue weighted by atomic mass is 16.5. The topological polar surface area (TPSA) is 128 Å². The normalized spacial score (nSPS) is 10.9. The van der Waals surface area contributed by atoms with Gasteiger partial charge in [0.25, 0.3) is 0 Å². The van der Waals surface area contributed by atoms with E-state index in [-0.39, 0.29) is 12.3 Å². The van der Waals surface area contributed by atoms with E-state index in [1.807, 2.05) is 59.3 Å². The minimum Gasteiger partial charge on any atom is -0.457 e. The first-order valence-corrected chi connectivity index (χ1v) is 10.4. The monoisotopic (exact) mass is 432 g/mol. The minimum atomic E-state index is -0.378. The summed E-state index contributed by atoms with van der Waals surface area (Å²) in [6.45, 7) is 0.628. The summed E-state index contributed by atoms with van der Waals surface area (Å²) in [6, 6.07) is 17.2. The Morgan fingerprint density at radius 1 is 1.00 bits per heavy atom. The number of unbranched alkanes of at least 4 members (excludes halogenated alkanes) is 2. The van der Waals surface area contributed by atoms with Crippen LogP contribution in [0.1, 0.15) is 25.7 Å². The molecule has 2 aromatic heterocycles. The molecule has 0 aliphatic rings. The highest BCUT2D eigenvalue weighted by Crippen LogP contribution is 2.32. The van der Waals surface area contributed by atoms with Crippen LogP contribution in [0.4, 0.5) is 5.82 Å². The number of nitrogen functional groups attached to an aromatic ring is 1. The summed E-state index contributed by atoms with van der Waals surface area (Å²) in [5, 5.41) is 14.0. The van der Waals surface area contributed by atoms with Gasteiger partial charge in [0.05, 0.1) is 5.39 Å². The summed E-state index contributed by atoms with van der Waals surface area (Å²) in [4.78, 5) is 19.7. The van der Waals surface area contributed by atoms with Gasteiger partial charge in [0.2, 0.25) is 5.91 Å². The van der Waals surface area contributed by atoms with Crippen molar-refractivity contribution in [2.45, 2.75) is 32.2 Å². The van der Waals surface area contributed by atoms with Crippen LogP contribution in [-0.2, 0) is 11.3 Å². The molecule has 1 amide bonds. The number of benzene rings is 2. The highest BCUT2D eigenvalue weighted by Gasteiger charge is 2.17. The smallest absolute Gasteiger partial charge is 0.243 e. The van der Waals surface area contributed by atoms with Crippen molar-refractivity contribution in [3.8, 4) is 22.8 Å². The third kappa shape index (κ3) is 4.84. The van der Waals surface area contributed by atoms with Gasteiger partial charge in [-0.15, -0.1) is 0 Å². The molecule has 9 heteroatoms. The Hall–Kier alpha value is -3.98. The number of ether oxygens (including phenoxy) is 1. The minimum absolute atomic E-state index is 0.286. The molecule has 0 unspecified atom stereocenters. The molecule has 4 N–H and O–H groups in total. The number of carbonyl (C=O) groups is 1. The maximum absolute atomic E-state index is 11.1. The fourth-order valence-electron chi connectivity index (χ4n) is 3.47. The second-order valence-electron chi connectivity index (χ2n) is 7.31. The number of fused-ring (bicyclic) bond motifs is 1. The Morgan fingerprint density at radius 2 is 1.75 bits per heavy atom. The van der Waals surface area contributed by atoms with Gasteiger partial charge >= 0.3 is 0 Å². The Kier molecular flexibility index (Phi) is 6.57. The number of aryl methyl sites for hydroxylation is 1. The van der Waals surface area contributed by atoms with Crippen molar-refractivity contribution in [1.29, 1.82) is 0 Å². The third-order valence-electron chi connectivity index (χ3n) is 5.06. The summed E-state index contributed by atoms with van der Waals surface area (Å²) < 4.78 is 7.69. The van der Waals surface area contributed by atoms with E-state index in [0.717, 1.165) is 29.9 Å². The molecule has 0 atom stereocenters.